The van der Waals surface area contributed by atoms with E-state index < -0.39 is 0 Å². The molecule has 1 heterocycles. The third-order valence-corrected chi connectivity index (χ3v) is 6.29. The van der Waals surface area contributed by atoms with Gasteiger partial charge in [-0.3, -0.25) is 0 Å². The van der Waals surface area contributed by atoms with Crippen LogP contribution in [0.3, 0.4) is 0 Å². The molecule has 0 amide bonds. The molecule has 2 heteroatoms. The van der Waals surface area contributed by atoms with Crippen molar-refractivity contribution >= 4 is 0 Å². The van der Waals surface area contributed by atoms with Gasteiger partial charge in [-0.25, -0.2) is 0 Å². The summed E-state index contributed by atoms with van der Waals surface area (Å²) in [5, 5.41) is 9.45. The number of fused-ring (bicyclic) bond motifs is 1. The summed E-state index contributed by atoms with van der Waals surface area (Å²) < 4.78 is 0. The molecule has 0 aromatic heterocycles. The lowest BCUT2D eigenvalue weighted by atomic mass is 9.96. The van der Waals surface area contributed by atoms with Crippen molar-refractivity contribution in [2.45, 2.75) is 32.1 Å². The molecule has 4 rings (SSSR count). The Morgan fingerprint density at radius 3 is 2.24 bits per heavy atom. The van der Waals surface area contributed by atoms with Gasteiger partial charge >= 0.3 is 0 Å². The predicted octanol–water partition coefficient (Wildman–Crippen LogP) is 4.70. The van der Waals surface area contributed by atoms with Gasteiger partial charge in [-0.1, -0.05) is 49.4 Å². The Hall–Kier alpha value is -1.80. The molecule has 1 aliphatic carbocycles. The van der Waals surface area contributed by atoms with E-state index in [1.807, 2.05) is 0 Å². The van der Waals surface area contributed by atoms with Gasteiger partial charge in [-0.15, -0.1) is 0 Å². The standard InChI is InChI=1S/C23H29NO/c1-17(20-7-9-23(25)10-8-20)14-24-15-21-12-19(13-22(21)16-24)11-18-5-3-2-4-6-18/h2-10,17,19,21-22,25H,11-16H2,1H3/t17?,19-,21-,22+. The van der Waals surface area contributed by atoms with Crippen LogP contribution in [0.15, 0.2) is 54.6 Å². The zero-order valence-corrected chi connectivity index (χ0v) is 15.1. The van der Waals surface area contributed by atoms with Crippen LogP contribution < -0.4 is 0 Å². The van der Waals surface area contributed by atoms with Crippen LogP contribution in [0.5, 0.6) is 5.75 Å². The van der Waals surface area contributed by atoms with E-state index in [9.17, 15) is 5.11 Å². The summed E-state index contributed by atoms with van der Waals surface area (Å²) in [6.07, 6.45) is 4.07. The molecule has 2 aromatic rings. The quantitative estimate of drug-likeness (QED) is 0.856. The maximum absolute atomic E-state index is 9.45. The highest BCUT2D eigenvalue weighted by Gasteiger charge is 2.40. The molecule has 1 saturated carbocycles. The molecule has 1 saturated heterocycles. The molecular weight excluding hydrogens is 306 g/mol. The summed E-state index contributed by atoms with van der Waals surface area (Å²) in [6, 6.07) is 18.7. The van der Waals surface area contributed by atoms with Crippen LogP contribution in [0.25, 0.3) is 0 Å². The molecule has 1 aliphatic heterocycles. The van der Waals surface area contributed by atoms with Gasteiger partial charge in [0.1, 0.15) is 5.75 Å². The van der Waals surface area contributed by atoms with Crippen molar-refractivity contribution < 1.29 is 5.11 Å². The smallest absolute Gasteiger partial charge is 0.115 e. The van der Waals surface area contributed by atoms with E-state index in [0.29, 0.717) is 11.7 Å². The average Bonchev–Trinajstić information content (AvgIpc) is 3.14. The SMILES string of the molecule is CC(CN1C[C@H]2C[C@@H](Cc3ccccc3)C[C@H]2C1)c1ccc(O)cc1. The molecule has 4 atom stereocenters. The lowest BCUT2D eigenvalue weighted by Gasteiger charge is -2.23. The third-order valence-electron chi connectivity index (χ3n) is 6.29. The zero-order valence-electron chi connectivity index (χ0n) is 15.1. The van der Waals surface area contributed by atoms with Crippen LogP contribution >= 0.6 is 0 Å². The van der Waals surface area contributed by atoms with Crippen LogP contribution in [0.2, 0.25) is 0 Å². The van der Waals surface area contributed by atoms with Crippen molar-refractivity contribution in [2.75, 3.05) is 19.6 Å². The second-order valence-electron chi connectivity index (χ2n) is 8.26. The summed E-state index contributed by atoms with van der Waals surface area (Å²) in [6.45, 7) is 6.00. The molecule has 132 valence electrons. The Bertz CT molecular complexity index is 667. The lowest BCUT2D eigenvalue weighted by molar-refractivity contribution is 0.284. The minimum Gasteiger partial charge on any atom is -0.508 e. The number of phenolic OH excluding ortho intramolecular Hbond substituents is 1. The number of phenols is 1. The van der Waals surface area contributed by atoms with Gasteiger partial charge in [-0.05, 0) is 66.2 Å². The molecule has 2 aromatic carbocycles. The molecule has 1 unspecified atom stereocenters. The summed E-state index contributed by atoms with van der Waals surface area (Å²) in [5.74, 6) is 3.58. The largest absolute Gasteiger partial charge is 0.508 e. The van der Waals surface area contributed by atoms with E-state index in [1.54, 1.807) is 12.1 Å². The Labute approximate surface area is 151 Å². The number of hydrogen-bond donors (Lipinski definition) is 1. The number of benzene rings is 2. The molecule has 0 radical (unpaired) electrons. The Balaban J connectivity index is 1.28. The molecular formula is C23H29NO. The van der Waals surface area contributed by atoms with Gasteiger partial charge < -0.3 is 10.0 Å². The summed E-state index contributed by atoms with van der Waals surface area (Å²) in [7, 11) is 0. The normalized spacial score (nSPS) is 27.3. The summed E-state index contributed by atoms with van der Waals surface area (Å²) >= 11 is 0. The molecule has 2 aliphatic rings. The third kappa shape index (κ3) is 3.90. The van der Waals surface area contributed by atoms with Crippen LogP contribution in [0, 0.1) is 17.8 Å². The highest BCUT2D eigenvalue weighted by atomic mass is 16.3. The van der Waals surface area contributed by atoms with E-state index in [-0.39, 0.29) is 0 Å². The van der Waals surface area contributed by atoms with Gasteiger partial charge in [0.15, 0.2) is 0 Å². The first-order valence-electron chi connectivity index (χ1n) is 9.72. The van der Waals surface area contributed by atoms with Gasteiger partial charge in [0, 0.05) is 19.6 Å². The van der Waals surface area contributed by atoms with Crippen molar-refractivity contribution in [1.82, 2.24) is 4.90 Å². The number of rotatable bonds is 5. The van der Waals surface area contributed by atoms with E-state index >= 15 is 0 Å². The number of aromatic hydroxyl groups is 1. The number of hydrogen-bond acceptors (Lipinski definition) is 2. The topological polar surface area (TPSA) is 23.5 Å². The van der Waals surface area contributed by atoms with Crippen molar-refractivity contribution in [2.24, 2.45) is 17.8 Å². The second-order valence-corrected chi connectivity index (χ2v) is 8.26. The Morgan fingerprint density at radius 1 is 0.960 bits per heavy atom. The van der Waals surface area contributed by atoms with E-state index in [2.05, 4.69) is 54.3 Å². The van der Waals surface area contributed by atoms with Crippen LogP contribution in [0.4, 0.5) is 0 Å². The number of likely N-dealkylation sites (tertiary alicyclic amines) is 1. The van der Waals surface area contributed by atoms with Crippen molar-refractivity contribution in [3.05, 3.63) is 65.7 Å². The number of nitrogens with zero attached hydrogens (tertiary/aromatic N) is 1. The lowest BCUT2D eigenvalue weighted by Crippen LogP contribution is -2.27. The first-order valence-corrected chi connectivity index (χ1v) is 9.72. The first-order chi connectivity index (χ1) is 12.2. The van der Waals surface area contributed by atoms with Gasteiger partial charge in [0.2, 0.25) is 0 Å². The van der Waals surface area contributed by atoms with E-state index in [4.69, 9.17) is 0 Å². The van der Waals surface area contributed by atoms with Crippen LogP contribution in [0.1, 0.15) is 36.8 Å². The fraction of sp³-hybridized carbons (Fsp3) is 0.478. The van der Waals surface area contributed by atoms with Crippen molar-refractivity contribution in [1.29, 1.82) is 0 Å². The van der Waals surface area contributed by atoms with E-state index in [0.717, 1.165) is 24.3 Å². The van der Waals surface area contributed by atoms with Crippen LogP contribution in [-0.4, -0.2) is 29.6 Å². The Morgan fingerprint density at radius 2 is 1.60 bits per heavy atom. The minimum absolute atomic E-state index is 0.358. The van der Waals surface area contributed by atoms with Crippen molar-refractivity contribution in [3.63, 3.8) is 0 Å². The van der Waals surface area contributed by atoms with Gasteiger partial charge in [0.05, 0.1) is 0 Å². The maximum Gasteiger partial charge on any atom is 0.115 e. The van der Waals surface area contributed by atoms with Gasteiger partial charge in [0.25, 0.3) is 0 Å². The van der Waals surface area contributed by atoms with Gasteiger partial charge in [-0.2, -0.15) is 0 Å². The molecule has 25 heavy (non-hydrogen) atoms. The molecule has 2 fully saturated rings. The summed E-state index contributed by atoms with van der Waals surface area (Å²) in [4.78, 5) is 2.67. The molecule has 1 N–H and O–H groups in total. The maximum atomic E-state index is 9.45. The van der Waals surface area contributed by atoms with Crippen molar-refractivity contribution in [3.8, 4) is 5.75 Å². The fourth-order valence-electron chi connectivity index (χ4n) is 5.08. The molecule has 0 bridgehead atoms. The molecule has 0 spiro atoms. The van der Waals surface area contributed by atoms with E-state index in [1.165, 1.54) is 43.5 Å². The zero-order chi connectivity index (χ0) is 17.2. The molecule has 2 nitrogen and oxygen atoms in total. The average molecular weight is 335 g/mol. The minimum atomic E-state index is 0.358. The monoisotopic (exact) mass is 335 g/mol. The highest BCUT2D eigenvalue weighted by Crippen LogP contribution is 2.43. The van der Waals surface area contributed by atoms with Crippen LogP contribution in [-0.2, 0) is 6.42 Å². The Kier molecular flexibility index (Phi) is 4.80. The summed E-state index contributed by atoms with van der Waals surface area (Å²) in [5.41, 5.74) is 2.84. The first kappa shape index (κ1) is 16.7. The predicted molar refractivity (Wildman–Crippen MR) is 103 cm³/mol. The highest BCUT2D eigenvalue weighted by molar-refractivity contribution is 5.28. The second kappa shape index (κ2) is 7.21. The fourth-order valence-corrected chi connectivity index (χ4v) is 5.08.